The molecular weight excluding hydrogens is 208 g/mol. The first-order valence-corrected chi connectivity index (χ1v) is 5.70. The van der Waals surface area contributed by atoms with Crippen LogP contribution in [0.2, 0.25) is 0 Å². The van der Waals surface area contributed by atoms with Gasteiger partial charge in [-0.2, -0.15) is 0 Å². The van der Waals surface area contributed by atoms with Crippen molar-refractivity contribution in [2.45, 2.75) is 19.8 Å². The third-order valence-corrected chi connectivity index (χ3v) is 2.87. The highest BCUT2D eigenvalue weighted by atomic mass is 16.4. The van der Waals surface area contributed by atoms with Gasteiger partial charge in [0.25, 0.3) is 0 Å². The largest absolute Gasteiger partial charge is 0.481 e. The molecule has 0 radical (unpaired) electrons. The molecule has 0 aromatic carbocycles. The zero-order chi connectivity index (χ0) is 12.1. The minimum Gasteiger partial charge on any atom is -0.481 e. The molecule has 1 amide bonds. The van der Waals surface area contributed by atoms with Crippen molar-refractivity contribution in [3.63, 3.8) is 0 Å². The highest BCUT2D eigenvalue weighted by Gasteiger charge is 2.20. The molecular formula is C11H20N2O3. The monoisotopic (exact) mass is 228 g/mol. The number of aliphatic carboxylic acids is 1. The Morgan fingerprint density at radius 1 is 1.38 bits per heavy atom. The normalized spacial score (nSPS) is 17.8. The van der Waals surface area contributed by atoms with E-state index in [1.54, 1.807) is 18.9 Å². The van der Waals surface area contributed by atoms with E-state index in [9.17, 15) is 9.59 Å². The van der Waals surface area contributed by atoms with Gasteiger partial charge >= 0.3 is 5.97 Å². The van der Waals surface area contributed by atoms with Crippen LogP contribution < -0.4 is 0 Å². The molecule has 1 unspecified atom stereocenters. The molecule has 1 heterocycles. The van der Waals surface area contributed by atoms with Gasteiger partial charge in [-0.15, -0.1) is 0 Å². The van der Waals surface area contributed by atoms with E-state index in [1.807, 2.05) is 4.90 Å². The van der Waals surface area contributed by atoms with Crippen molar-refractivity contribution in [3.05, 3.63) is 0 Å². The standard InChI is InChI=1S/C11H20N2O3/c1-9(11(15)16)7-12(2)8-10(14)13-5-3-4-6-13/h9H,3-8H2,1-2H3,(H,15,16). The molecule has 1 aliphatic rings. The Bertz CT molecular complexity index is 262. The van der Waals surface area contributed by atoms with Crippen molar-refractivity contribution in [1.82, 2.24) is 9.80 Å². The number of carboxylic acids is 1. The second kappa shape index (κ2) is 5.84. The summed E-state index contributed by atoms with van der Waals surface area (Å²) in [6.45, 7) is 4.08. The molecule has 1 aliphatic heterocycles. The molecule has 0 saturated carbocycles. The Labute approximate surface area is 96.0 Å². The molecule has 1 saturated heterocycles. The number of carbonyl (C=O) groups is 2. The first kappa shape index (κ1) is 13.0. The third kappa shape index (κ3) is 3.81. The molecule has 0 spiro atoms. The summed E-state index contributed by atoms with van der Waals surface area (Å²) in [5.74, 6) is -1.14. The molecule has 1 N–H and O–H groups in total. The van der Waals surface area contributed by atoms with Crippen molar-refractivity contribution in [3.8, 4) is 0 Å². The zero-order valence-electron chi connectivity index (χ0n) is 9.98. The van der Waals surface area contributed by atoms with Crippen LogP contribution in [-0.4, -0.2) is 60.0 Å². The van der Waals surface area contributed by atoms with Crippen molar-refractivity contribution >= 4 is 11.9 Å². The van der Waals surface area contributed by atoms with E-state index in [0.717, 1.165) is 25.9 Å². The third-order valence-electron chi connectivity index (χ3n) is 2.87. The lowest BCUT2D eigenvalue weighted by Gasteiger charge is -2.22. The molecule has 0 bridgehead atoms. The minimum absolute atomic E-state index is 0.109. The maximum Gasteiger partial charge on any atom is 0.307 e. The number of hydrogen-bond acceptors (Lipinski definition) is 3. The first-order chi connectivity index (χ1) is 7.50. The summed E-state index contributed by atoms with van der Waals surface area (Å²) in [5.41, 5.74) is 0. The molecule has 0 aromatic rings. The van der Waals surface area contributed by atoms with Gasteiger partial charge in [0, 0.05) is 19.6 Å². The summed E-state index contributed by atoms with van der Waals surface area (Å²) < 4.78 is 0. The Kier molecular flexibility index (Phi) is 4.73. The zero-order valence-corrected chi connectivity index (χ0v) is 9.98. The summed E-state index contributed by atoms with van der Waals surface area (Å²) in [7, 11) is 1.79. The van der Waals surface area contributed by atoms with Crippen molar-refractivity contribution in [2.24, 2.45) is 5.92 Å². The van der Waals surface area contributed by atoms with Gasteiger partial charge in [-0.3, -0.25) is 14.5 Å². The lowest BCUT2D eigenvalue weighted by molar-refractivity contribution is -0.142. The number of likely N-dealkylation sites (tertiary alicyclic amines) is 1. The van der Waals surface area contributed by atoms with Crippen molar-refractivity contribution in [2.75, 3.05) is 33.2 Å². The lowest BCUT2D eigenvalue weighted by atomic mass is 10.2. The van der Waals surface area contributed by atoms with Gasteiger partial charge in [0.05, 0.1) is 12.5 Å². The van der Waals surface area contributed by atoms with E-state index >= 15 is 0 Å². The van der Waals surface area contributed by atoms with Gasteiger partial charge < -0.3 is 10.0 Å². The summed E-state index contributed by atoms with van der Waals surface area (Å²) in [6.07, 6.45) is 2.17. The lowest BCUT2D eigenvalue weighted by Crippen LogP contribution is -2.39. The van der Waals surface area contributed by atoms with Gasteiger partial charge in [0.1, 0.15) is 0 Å². The van der Waals surface area contributed by atoms with E-state index < -0.39 is 11.9 Å². The number of likely N-dealkylation sites (N-methyl/N-ethyl adjacent to an activating group) is 1. The summed E-state index contributed by atoms with van der Waals surface area (Å²) in [5, 5.41) is 8.75. The average molecular weight is 228 g/mol. The van der Waals surface area contributed by atoms with Crippen LogP contribution >= 0.6 is 0 Å². The number of carboxylic acid groups (broad SMARTS) is 1. The Balaban J connectivity index is 2.30. The topological polar surface area (TPSA) is 60.9 Å². The molecule has 1 fully saturated rings. The van der Waals surface area contributed by atoms with Crippen LogP contribution in [0.5, 0.6) is 0 Å². The Morgan fingerprint density at radius 2 is 1.94 bits per heavy atom. The maximum atomic E-state index is 11.7. The van der Waals surface area contributed by atoms with Crippen molar-refractivity contribution in [1.29, 1.82) is 0 Å². The molecule has 0 aromatic heterocycles. The summed E-state index contributed by atoms with van der Waals surface area (Å²) in [4.78, 5) is 26.0. The fourth-order valence-corrected chi connectivity index (χ4v) is 1.91. The molecule has 0 aliphatic carbocycles. The quantitative estimate of drug-likeness (QED) is 0.733. The number of nitrogens with zero attached hydrogens (tertiary/aromatic N) is 2. The number of rotatable bonds is 5. The van der Waals surface area contributed by atoms with Crippen LogP contribution in [0.15, 0.2) is 0 Å². The van der Waals surface area contributed by atoms with E-state index in [4.69, 9.17) is 5.11 Å². The number of amides is 1. The molecule has 92 valence electrons. The highest BCUT2D eigenvalue weighted by Crippen LogP contribution is 2.08. The van der Waals surface area contributed by atoms with Crippen molar-refractivity contribution < 1.29 is 14.7 Å². The van der Waals surface area contributed by atoms with Gasteiger partial charge in [0.15, 0.2) is 0 Å². The first-order valence-electron chi connectivity index (χ1n) is 5.70. The van der Waals surface area contributed by atoms with Crippen LogP contribution in [0.1, 0.15) is 19.8 Å². The number of carbonyl (C=O) groups excluding carboxylic acids is 1. The van der Waals surface area contributed by atoms with Crippen LogP contribution in [0.3, 0.4) is 0 Å². The van der Waals surface area contributed by atoms with E-state index in [-0.39, 0.29) is 5.91 Å². The van der Waals surface area contributed by atoms with Gasteiger partial charge in [-0.1, -0.05) is 6.92 Å². The second-order valence-electron chi connectivity index (χ2n) is 4.52. The fourth-order valence-electron chi connectivity index (χ4n) is 1.91. The molecule has 5 heteroatoms. The van der Waals surface area contributed by atoms with Gasteiger partial charge in [-0.05, 0) is 19.9 Å². The van der Waals surface area contributed by atoms with Gasteiger partial charge in [-0.25, -0.2) is 0 Å². The fraction of sp³-hybridized carbons (Fsp3) is 0.818. The molecule has 5 nitrogen and oxygen atoms in total. The van der Waals surface area contributed by atoms with Crippen LogP contribution in [0.25, 0.3) is 0 Å². The predicted molar refractivity (Wildman–Crippen MR) is 60.1 cm³/mol. The Morgan fingerprint density at radius 3 is 2.44 bits per heavy atom. The predicted octanol–water partition coefficient (Wildman–Crippen LogP) is 0.261. The summed E-state index contributed by atoms with van der Waals surface area (Å²) in [6, 6.07) is 0. The van der Waals surface area contributed by atoms with E-state index in [0.29, 0.717) is 13.1 Å². The van der Waals surface area contributed by atoms with E-state index in [1.165, 1.54) is 0 Å². The summed E-state index contributed by atoms with van der Waals surface area (Å²) >= 11 is 0. The van der Waals surface area contributed by atoms with Crippen LogP contribution in [-0.2, 0) is 9.59 Å². The molecule has 1 atom stereocenters. The highest BCUT2D eigenvalue weighted by molar-refractivity contribution is 5.78. The minimum atomic E-state index is -0.819. The maximum absolute atomic E-state index is 11.7. The Hall–Kier alpha value is -1.10. The smallest absolute Gasteiger partial charge is 0.307 e. The van der Waals surface area contributed by atoms with Gasteiger partial charge in [0.2, 0.25) is 5.91 Å². The van der Waals surface area contributed by atoms with Crippen LogP contribution in [0.4, 0.5) is 0 Å². The molecule has 1 rings (SSSR count). The van der Waals surface area contributed by atoms with Crippen LogP contribution in [0, 0.1) is 5.92 Å². The molecule has 16 heavy (non-hydrogen) atoms. The number of hydrogen-bond donors (Lipinski definition) is 1. The average Bonchev–Trinajstić information content (AvgIpc) is 2.69. The SMILES string of the molecule is CC(CN(C)CC(=O)N1CCCC1)C(=O)O. The second-order valence-corrected chi connectivity index (χ2v) is 4.52. The van der Waals surface area contributed by atoms with E-state index in [2.05, 4.69) is 0 Å².